The summed E-state index contributed by atoms with van der Waals surface area (Å²) in [6, 6.07) is 30.6. The maximum atomic E-state index is 12.5. The molecule has 5 rings (SSSR count). The maximum Gasteiger partial charge on any atom is 0.410 e. The number of ether oxygens (including phenoxy) is 2. The van der Waals surface area contributed by atoms with Gasteiger partial charge in [0.2, 0.25) is 0 Å². The molecule has 0 N–H and O–H groups in total. The molecule has 1 aliphatic heterocycles. The van der Waals surface area contributed by atoms with Crippen molar-refractivity contribution in [1.29, 1.82) is 0 Å². The first-order valence-electron chi connectivity index (χ1n) is 13.6. The summed E-state index contributed by atoms with van der Waals surface area (Å²) >= 11 is 0. The highest BCUT2D eigenvalue weighted by Gasteiger charge is 2.32. The standard InChI is InChI=1S/C20H25N3O4.C13H12/c1-5-26-18(24)17-15-11-12-22(19(25)27-20(2,3)4)13-16(15)23(21-17)14-9-7-6-8-10-14;1-3-7-12(8-4-1)11-13-9-5-2-6-10-13/h6-10H,5,11-13H2,1-4H3;1-10H,11H2. The van der Waals surface area contributed by atoms with E-state index in [-0.39, 0.29) is 12.7 Å². The van der Waals surface area contributed by atoms with Gasteiger partial charge < -0.3 is 14.4 Å². The van der Waals surface area contributed by atoms with Crippen LogP contribution >= 0.6 is 0 Å². The Kier molecular flexibility index (Phi) is 9.38. The first kappa shape index (κ1) is 28.6. The molecule has 7 nitrogen and oxygen atoms in total. The Bertz CT molecular complexity index is 1360. The van der Waals surface area contributed by atoms with Gasteiger partial charge >= 0.3 is 12.1 Å². The summed E-state index contributed by atoms with van der Waals surface area (Å²) in [7, 11) is 0. The third kappa shape index (κ3) is 7.59. The Morgan fingerprint density at radius 2 is 1.40 bits per heavy atom. The fourth-order valence-corrected chi connectivity index (χ4v) is 4.47. The van der Waals surface area contributed by atoms with Crippen LogP contribution in [0.15, 0.2) is 91.0 Å². The predicted octanol–water partition coefficient (Wildman–Crippen LogP) is 6.62. The van der Waals surface area contributed by atoms with Gasteiger partial charge in [0.15, 0.2) is 5.69 Å². The molecule has 40 heavy (non-hydrogen) atoms. The molecule has 0 spiro atoms. The van der Waals surface area contributed by atoms with Gasteiger partial charge in [-0.05, 0) is 63.8 Å². The van der Waals surface area contributed by atoms with Gasteiger partial charge in [0, 0.05) is 12.1 Å². The number of carbonyl (C=O) groups excluding carboxylic acids is 2. The summed E-state index contributed by atoms with van der Waals surface area (Å²) in [6.45, 7) is 8.37. The molecule has 0 saturated carbocycles. The van der Waals surface area contributed by atoms with Crippen molar-refractivity contribution in [3.8, 4) is 5.69 Å². The topological polar surface area (TPSA) is 73.7 Å². The minimum Gasteiger partial charge on any atom is -0.461 e. The highest BCUT2D eigenvalue weighted by atomic mass is 16.6. The second-order valence-corrected chi connectivity index (χ2v) is 10.5. The number of carbonyl (C=O) groups is 2. The molecule has 208 valence electrons. The Hall–Kier alpha value is -4.39. The van der Waals surface area contributed by atoms with Crippen LogP contribution in [0.5, 0.6) is 0 Å². The lowest BCUT2D eigenvalue weighted by Crippen LogP contribution is -2.40. The number of hydrogen-bond donors (Lipinski definition) is 0. The lowest BCUT2D eigenvalue weighted by molar-refractivity contribution is 0.0220. The van der Waals surface area contributed by atoms with Gasteiger partial charge in [0.25, 0.3) is 0 Å². The lowest BCUT2D eigenvalue weighted by Gasteiger charge is -2.30. The van der Waals surface area contributed by atoms with Gasteiger partial charge in [0.1, 0.15) is 5.60 Å². The van der Waals surface area contributed by atoms with E-state index in [2.05, 4.69) is 65.8 Å². The van der Waals surface area contributed by atoms with E-state index in [4.69, 9.17) is 9.47 Å². The molecule has 1 amide bonds. The van der Waals surface area contributed by atoms with Gasteiger partial charge in [-0.3, -0.25) is 0 Å². The van der Waals surface area contributed by atoms with Crippen LogP contribution < -0.4 is 0 Å². The number of esters is 1. The SMILES string of the molecule is CCOC(=O)c1nn(-c2ccccc2)c2c1CCN(C(=O)OC(C)(C)C)C2.c1ccc(Cc2ccccc2)cc1. The summed E-state index contributed by atoms with van der Waals surface area (Å²) in [6.07, 6.45) is 1.18. The average Bonchev–Trinajstić information content (AvgIpc) is 3.33. The molecule has 1 aliphatic rings. The van der Waals surface area contributed by atoms with E-state index in [9.17, 15) is 9.59 Å². The van der Waals surface area contributed by atoms with E-state index in [1.54, 1.807) is 16.5 Å². The highest BCUT2D eigenvalue weighted by Crippen LogP contribution is 2.27. The molecule has 2 heterocycles. The molecular weight excluding hydrogens is 502 g/mol. The molecule has 0 fully saturated rings. The fourth-order valence-electron chi connectivity index (χ4n) is 4.47. The Morgan fingerprint density at radius 3 is 1.93 bits per heavy atom. The molecule has 0 unspecified atom stereocenters. The van der Waals surface area contributed by atoms with Gasteiger partial charge in [-0.1, -0.05) is 78.9 Å². The zero-order valence-corrected chi connectivity index (χ0v) is 23.7. The highest BCUT2D eigenvalue weighted by molar-refractivity contribution is 5.89. The molecule has 3 aromatic carbocycles. The van der Waals surface area contributed by atoms with E-state index in [0.29, 0.717) is 25.2 Å². The monoisotopic (exact) mass is 539 g/mol. The van der Waals surface area contributed by atoms with Gasteiger partial charge in [-0.15, -0.1) is 0 Å². The lowest BCUT2D eigenvalue weighted by atomic mass is 10.0. The van der Waals surface area contributed by atoms with Crippen LogP contribution in [0.25, 0.3) is 5.69 Å². The van der Waals surface area contributed by atoms with Crippen LogP contribution in [-0.4, -0.2) is 45.5 Å². The van der Waals surface area contributed by atoms with Gasteiger partial charge in [0.05, 0.1) is 24.5 Å². The average molecular weight is 540 g/mol. The molecule has 0 atom stereocenters. The molecule has 0 aliphatic carbocycles. The maximum absolute atomic E-state index is 12.5. The van der Waals surface area contributed by atoms with Crippen molar-refractivity contribution in [3.05, 3.63) is 119 Å². The number of fused-ring (bicyclic) bond motifs is 1. The number of para-hydroxylation sites is 1. The smallest absolute Gasteiger partial charge is 0.410 e. The van der Waals surface area contributed by atoms with E-state index >= 15 is 0 Å². The summed E-state index contributed by atoms with van der Waals surface area (Å²) in [5.41, 5.74) is 4.96. The second kappa shape index (κ2) is 13.1. The molecule has 7 heteroatoms. The first-order valence-corrected chi connectivity index (χ1v) is 13.6. The molecule has 1 aromatic heterocycles. The Balaban J connectivity index is 0.000000236. The normalized spacial score (nSPS) is 12.6. The van der Waals surface area contributed by atoms with Crippen LogP contribution in [0.4, 0.5) is 4.79 Å². The van der Waals surface area contributed by atoms with Crippen LogP contribution in [0.1, 0.15) is 60.6 Å². The van der Waals surface area contributed by atoms with Gasteiger partial charge in [-0.2, -0.15) is 5.10 Å². The minimum atomic E-state index is -0.562. The number of rotatable bonds is 5. The van der Waals surface area contributed by atoms with Crippen molar-refractivity contribution < 1.29 is 19.1 Å². The van der Waals surface area contributed by atoms with Crippen molar-refractivity contribution in [1.82, 2.24) is 14.7 Å². The summed E-state index contributed by atoms with van der Waals surface area (Å²) in [4.78, 5) is 26.5. The number of nitrogens with zero attached hydrogens (tertiary/aromatic N) is 3. The van der Waals surface area contributed by atoms with Crippen molar-refractivity contribution in [2.45, 2.75) is 52.7 Å². The Labute approximate surface area is 236 Å². The molecule has 0 saturated heterocycles. The third-order valence-corrected chi connectivity index (χ3v) is 6.28. The van der Waals surface area contributed by atoms with Crippen molar-refractivity contribution >= 4 is 12.1 Å². The van der Waals surface area contributed by atoms with E-state index in [0.717, 1.165) is 23.4 Å². The van der Waals surface area contributed by atoms with E-state index in [1.807, 2.05) is 51.1 Å². The number of amides is 1. The number of benzene rings is 3. The van der Waals surface area contributed by atoms with Gasteiger partial charge in [-0.25, -0.2) is 14.3 Å². The Morgan fingerprint density at radius 1 is 0.850 bits per heavy atom. The molecule has 0 bridgehead atoms. The van der Waals surface area contributed by atoms with Crippen LogP contribution in [0.2, 0.25) is 0 Å². The van der Waals surface area contributed by atoms with Crippen LogP contribution in [0.3, 0.4) is 0 Å². The summed E-state index contributed by atoms with van der Waals surface area (Å²) in [5.74, 6) is -0.436. The minimum absolute atomic E-state index is 0.288. The second-order valence-electron chi connectivity index (χ2n) is 10.5. The fraction of sp³-hybridized carbons (Fsp3) is 0.303. The largest absolute Gasteiger partial charge is 0.461 e. The zero-order valence-electron chi connectivity index (χ0n) is 23.7. The summed E-state index contributed by atoms with van der Waals surface area (Å²) in [5, 5.41) is 4.51. The summed E-state index contributed by atoms with van der Waals surface area (Å²) < 4.78 is 12.4. The quantitative estimate of drug-likeness (QED) is 0.267. The predicted molar refractivity (Wildman–Crippen MR) is 156 cm³/mol. The van der Waals surface area contributed by atoms with E-state index < -0.39 is 11.6 Å². The zero-order chi connectivity index (χ0) is 28.5. The van der Waals surface area contributed by atoms with Crippen LogP contribution in [-0.2, 0) is 28.9 Å². The van der Waals surface area contributed by atoms with Crippen molar-refractivity contribution in [3.63, 3.8) is 0 Å². The van der Waals surface area contributed by atoms with Crippen molar-refractivity contribution in [2.24, 2.45) is 0 Å². The number of hydrogen-bond acceptors (Lipinski definition) is 5. The third-order valence-electron chi connectivity index (χ3n) is 6.28. The molecule has 4 aromatic rings. The first-order chi connectivity index (χ1) is 19.2. The molecular formula is C33H37N3O4. The molecule has 0 radical (unpaired) electrons. The van der Waals surface area contributed by atoms with E-state index in [1.165, 1.54) is 11.1 Å². The van der Waals surface area contributed by atoms with Crippen LogP contribution in [0, 0.1) is 0 Å². The van der Waals surface area contributed by atoms with Crippen molar-refractivity contribution in [2.75, 3.05) is 13.2 Å². The number of aromatic nitrogens is 2.